The molecule has 3 N–H and O–H groups in total. The highest BCUT2D eigenvalue weighted by Gasteiger charge is 2.38. The maximum Gasteiger partial charge on any atom is 0.328 e. The molecule has 1 aliphatic heterocycles. The Labute approximate surface area is 194 Å². The van der Waals surface area contributed by atoms with Crippen molar-refractivity contribution in [3.05, 3.63) is 42.5 Å². The predicted octanol–water partition coefficient (Wildman–Crippen LogP) is 1.73. The molecule has 1 heterocycles. The van der Waals surface area contributed by atoms with Gasteiger partial charge in [-0.05, 0) is 30.6 Å². The van der Waals surface area contributed by atoms with Crippen molar-refractivity contribution in [2.75, 3.05) is 38.0 Å². The van der Waals surface area contributed by atoms with Gasteiger partial charge in [0.2, 0.25) is 5.91 Å². The molecule has 1 aromatic carbocycles. The fraction of sp³-hybridized carbons (Fsp3) is 0.545. The Morgan fingerprint density at radius 1 is 1.39 bits per heavy atom. The van der Waals surface area contributed by atoms with Gasteiger partial charge in [0.05, 0.1) is 13.2 Å². The Kier molecular flexibility index (Phi) is 11.3. The Morgan fingerprint density at radius 3 is 2.77 bits per heavy atom. The third-order valence-corrected chi connectivity index (χ3v) is 6.13. The smallest absolute Gasteiger partial charge is 0.328 e. The number of rotatable bonds is 12. The number of thiol groups is 1. The number of nitrogens with zero attached hydrogens (tertiary/aromatic N) is 1. The van der Waals surface area contributed by atoms with E-state index in [1.807, 2.05) is 53.6 Å². The average Bonchev–Trinajstić information content (AvgIpc) is 3.18. The molecule has 31 heavy (non-hydrogen) atoms. The first-order valence-electron chi connectivity index (χ1n) is 10.3. The number of carbonyl (C=O) groups is 2. The molecule has 0 aliphatic carbocycles. The van der Waals surface area contributed by atoms with Crippen LogP contribution in [0.5, 0.6) is 5.75 Å². The van der Waals surface area contributed by atoms with E-state index in [0.29, 0.717) is 31.7 Å². The van der Waals surface area contributed by atoms with Crippen LogP contribution in [-0.2, 0) is 14.3 Å². The predicted molar refractivity (Wildman–Crippen MR) is 129 cm³/mol. The number of nitrogens with one attached hydrogen (secondary N) is 1. The van der Waals surface area contributed by atoms with E-state index in [1.165, 1.54) is 7.11 Å². The first kappa shape index (κ1) is 25.6. The first-order valence-corrected chi connectivity index (χ1v) is 12.4. The van der Waals surface area contributed by atoms with Gasteiger partial charge in [-0.25, -0.2) is 4.79 Å². The molecule has 1 aromatic rings. The molecule has 0 radical (unpaired) electrons. The highest BCUT2D eigenvalue weighted by atomic mass is 32.2. The van der Waals surface area contributed by atoms with Gasteiger partial charge in [0.1, 0.15) is 17.9 Å². The van der Waals surface area contributed by atoms with Crippen LogP contribution in [0.25, 0.3) is 0 Å². The van der Waals surface area contributed by atoms with Crippen LogP contribution in [-0.4, -0.2) is 79.0 Å². The van der Waals surface area contributed by atoms with E-state index in [0.717, 1.165) is 11.5 Å². The number of thioether (sulfide) groups is 1. The summed E-state index contributed by atoms with van der Waals surface area (Å²) in [6.07, 6.45) is 6.73. The van der Waals surface area contributed by atoms with Crippen LogP contribution in [0.2, 0.25) is 0 Å². The molecule has 1 aliphatic rings. The van der Waals surface area contributed by atoms with Gasteiger partial charge in [-0.2, -0.15) is 24.4 Å². The van der Waals surface area contributed by atoms with Crippen molar-refractivity contribution < 1.29 is 19.1 Å². The fourth-order valence-electron chi connectivity index (χ4n) is 3.44. The molecule has 0 spiro atoms. The van der Waals surface area contributed by atoms with Crippen LogP contribution < -0.4 is 15.8 Å². The van der Waals surface area contributed by atoms with Gasteiger partial charge in [0.15, 0.2) is 0 Å². The lowest BCUT2D eigenvalue weighted by Gasteiger charge is -2.24. The average molecular weight is 468 g/mol. The van der Waals surface area contributed by atoms with E-state index in [-0.39, 0.29) is 18.1 Å². The summed E-state index contributed by atoms with van der Waals surface area (Å²) in [4.78, 5) is 27.3. The molecule has 1 fully saturated rings. The third kappa shape index (κ3) is 8.40. The number of para-hydroxylation sites is 1. The van der Waals surface area contributed by atoms with Crippen molar-refractivity contribution >= 4 is 36.3 Å². The van der Waals surface area contributed by atoms with E-state index in [2.05, 4.69) is 17.9 Å². The molecule has 4 atom stereocenters. The summed E-state index contributed by atoms with van der Waals surface area (Å²) in [5.74, 6) is 1.45. The van der Waals surface area contributed by atoms with E-state index in [9.17, 15) is 9.59 Å². The van der Waals surface area contributed by atoms with Crippen LogP contribution in [0, 0.1) is 0 Å². The second-order valence-corrected chi connectivity index (χ2v) is 8.75. The van der Waals surface area contributed by atoms with Gasteiger partial charge in [-0.15, -0.1) is 0 Å². The van der Waals surface area contributed by atoms with Crippen molar-refractivity contribution in [3.63, 3.8) is 0 Å². The SMILES string of the molecule is COC(=O)[C@H](CCSC)NC(=O)[C@@H]1C[C@@H](Oc2ccccc2)CN1CC=C[C@@H](N)CS. The number of nitrogens with two attached hydrogens (primary N) is 1. The lowest BCUT2D eigenvalue weighted by molar-refractivity contribution is -0.145. The van der Waals surface area contributed by atoms with Gasteiger partial charge in [-0.3, -0.25) is 9.69 Å². The van der Waals surface area contributed by atoms with Crippen molar-refractivity contribution in [1.82, 2.24) is 10.2 Å². The zero-order valence-corrected chi connectivity index (χ0v) is 19.8. The summed E-state index contributed by atoms with van der Waals surface area (Å²) in [5.41, 5.74) is 5.90. The number of amides is 1. The highest BCUT2D eigenvalue weighted by molar-refractivity contribution is 7.98. The maximum absolute atomic E-state index is 13.1. The second-order valence-electron chi connectivity index (χ2n) is 7.40. The number of carbonyl (C=O) groups excluding carboxylic acids is 2. The Bertz CT molecular complexity index is 720. The zero-order chi connectivity index (χ0) is 22.6. The Hall–Kier alpha value is -1.68. The molecule has 7 nitrogen and oxygen atoms in total. The normalized spacial score (nSPS) is 21.0. The lowest BCUT2D eigenvalue weighted by atomic mass is 10.1. The van der Waals surface area contributed by atoms with E-state index in [4.69, 9.17) is 15.2 Å². The van der Waals surface area contributed by atoms with Gasteiger partial charge in [0.25, 0.3) is 0 Å². The molecule has 0 aromatic heterocycles. The van der Waals surface area contributed by atoms with Crippen molar-refractivity contribution in [2.45, 2.75) is 37.1 Å². The van der Waals surface area contributed by atoms with Gasteiger partial charge >= 0.3 is 5.97 Å². The standard InChI is InChI=1S/C22H33N3O4S2/c1-28-22(27)19(10-12-31-2)24-21(26)20-13-18(29-17-8-4-3-5-9-17)14-25(20)11-6-7-16(23)15-30/h3-9,16,18-20,30H,10-15,23H2,1-2H3,(H,24,26)/t16-,18-,19+,20+/m1/s1. The maximum atomic E-state index is 13.1. The van der Waals surface area contributed by atoms with Crippen LogP contribution in [0.3, 0.4) is 0 Å². The van der Waals surface area contributed by atoms with Crippen molar-refractivity contribution in [1.29, 1.82) is 0 Å². The Morgan fingerprint density at radius 2 is 2.13 bits per heavy atom. The summed E-state index contributed by atoms with van der Waals surface area (Å²) < 4.78 is 11.0. The molecule has 172 valence electrons. The van der Waals surface area contributed by atoms with Crippen LogP contribution in [0.15, 0.2) is 42.5 Å². The molecule has 0 saturated carbocycles. The molecule has 9 heteroatoms. The molecular formula is C22H33N3O4S2. The minimum Gasteiger partial charge on any atom is -0.489 e. The summed E-state index contributed by atoms with van der Waals surface area (Å²) in [5, 5.41) is 2.88. The fourth-order valence-corrected chi connectivity index (χ4v) is 4.03. The quantitative estimate of drug-likeness (QED) is 0.245. The van der Waals surface area contributed by atoms with E-state index >= 15 is 0 Å². The van der Waals surface area contributed by atoms with Crippen LogP contribution in [0.1, 0.15) is 12.8 Å². The van der Waals surface area contributed by atoms with Crippen LogP contribution >= 0.6 is 24.4 Å². The summed E-state index contributed by atoms with van der Waals surface area (Å²) in [6, 6.07) is 8.37. The van der Waals surface area contributed by atoms with Gasteiger partial charge in [-0.1, -0.05) is 30.4 Å². The number of esters is 1. The van der Waals surface area contributed by atoms with E-state index in [1.54, 1.807) is 11.8 Å². The summed E-state index contributed by atoms with van der Waals surface area (Å²) in [7, 11) is 1.33. The number of benzene rings is 1. The Balaban J connectivity index is 2.08. The topological polar surface area (TPSA) is 93.9 Å². The number of hydrogen-bond donors (Lipinski definition) is 3. The summed E-state index contributed by atoms with van der Waals surface area (Å²) >= 11 is 5.81. The molecule has 2 rings (SSSR count). The minimum absolute atomic E-state index is 0.132. The number of ether oxygens (including phenoxy) is 2. The van der Waals surface area contributed by atoms with Crippen molar-refractivity contribution in [3.8, 4) is 5.75 Å². The number of methoxy groups -OCH3 is 1. The molecule has 0 bridgehead atoms. The molecular weight excluding hydrogens is 434 g/mol. The molecule has 1 saturated heterocycles. The summed E-state index contributed by atoms with van der Waals surface area (Å²) in [6.45, 7) is 1.16. The van der Waals surface area contributed by atoms with Gasteiger partial charge < -0.3 is 20.5 Å². The van der Waals surface area contributed by atoms with Crippen molar-refractivity contribution in [2.24, 2.45) is 5.73 Å². The monoisotopic (exact) mass is 467 g/mol. The number of likely N-dealkylation sites (tertiary alicyclic amines) is 1. The largest absolute Gasteiger partial charge is 0.489 e. The highest BCUT2D eigenvalue weighted by Crippen LogP contribution is 2.23. The zero-order valence-electron chi connectivity index (χ0n) is 18.1. The third-order valence-electron chi connectivity index (χ3n) is 5.06. The lowest BCUT2D eigenvalue weighted by Crippen LogP contribution is -2.50. The molecule has 1 amide bonds. The second kappa shape index (κ2) is 13.7. The number of hydrogen-bond acceptors (Lipinski definition) is 8. The first-order chi connectivity index (χ1) is 15.0. The van der Waals surface area contributed by atoms with E-state index < -0.39 is 18.1 Å². The minimum atomic E-state index is -0.658. The molecule has 0 unspecified atom stereocenters. The van der Waals surface area contributed by atoms with Gasteiger partial charge in [0, 0.05) is 31.3 Å². The van der Waals surface area contributed by atoms with Crippen LogP contribution in [0.4, 0.5) is 0 Å².